The minimum atomic E-state index is 0.185. The first-order chi connectivity index (χ1) is 9.11. The fraction of sp³-hybridized carbons (Fsp3) is 0.500. The lowest BCUT2D eigenvalue weighted by atomic mass is 9.99. The van der Waals surface area contributed by atoms with Crippen LogP contribution in [0.5, 0.6) is 0 Å². The van der Waals surface area contributed by atoms with Gasteiger partial charge in [-0.15, -0.1) is 0 Å². The molecule has 0 spiro atoms. The molecular weight excluding hydrogens is 328 g/mol. The van der Waals surface area contributed by atoms with Gasteiger partial charge in [0.05, 0.1) is 0 Å². The molecule has 2 heterocycles. The summed E-state index contributed by atoms with van der Waals surface area (Å²) in [7, 11) is 0. The Morgan fingerprint density at radius 1 is 1.42 bits per heavy atom. The molecule has 0 unspecified atom stereocenters. The van der Waals surface area contributed by atoms with E-state index in [0.717, 1.165) is 42.0 Å². The Labute approximate surface area is 126 Å². The van der Waals surface area contributed by atoms with Crippen molar-refractivity contribution in [3.63, 3.8) is 0 Å². The molecule has 3 nitrogen and oxygen atoms in total. The number of benzene rings is 1. The summed E-state index contributed by atoms with van der Waals surface area (Å²) in [4.78, 5) is 13.6. The number of amides is 1. The molecule has 1 aromatic rings. The molecule has 1 fully saturated rings. The third-order valence-corrected chi connectivity index (χ3v) is 4.69. The first-order valence-corrected chi connectivity index (χ1v) is 7.77. The van der Waals surface area contributed by atoms with Crippen molar-refractivity contribution in [3.8, 4) is 0 Å². The van der Waals surface area contributed by atoms with E-state index in [-0.39, 0.29) is 5.91 Å². The van der Waals surface area contributed by atoms with Gasteiger partial charge in [0.1, 0.15) is 0 Å². The fourth-order valence-corrected chi connectivity index (χ4v) is 3.86. The Hall–Kier alpha value is -0.580. The van der Waals surface area contributed by atoms with Gasteiger partial charge in [0.15, 0.2) is 0 Å². The number of hydrogen-bond acceptors (Lipinski definition) is 2. The molecular formula is C14H16BrClN2O. The van der Waals surface area contributed by atoms with Crippen molar-refractivity contribution < 1.29 is 4.79 Å². The molecule has 2 aliphatic rings. The second-order valence-electron chi connectivity index (χ2n) is 5.31. The molecule has 0 radical (unpaired) electrons. The molecule has 1 saturated heterocycles. The molecule has 19 heavy (non-hydrogen) atoms. The summed E-state index contributed by atoms with van der Waals surface area (Å²) >= 11 is 9.81. The molecule has 0 saturated carbocycles. The summed E-state index contributed by atoms with van der Waals surface area (Å²) in [5.74, 6) is 0.185. The molecule has 0 bridgehead atoms. The van der Waals surface area contributed by atoms with Crippen LogP contribution in [0.4, 0.5) is 0 Å². The maximum absolute atomic E-state index is 11.2. The van der Waals surface area contributed by atoms with E-state index in [1.807, 2.05) is 6.07 Å². The summed E-state index contributed by atoms with van der Waals surface area (Å²) in [6, 6.07) is 4.43. The number of rotatable bonds is 2. The van der Waals surface area contributed by atoms with Gasteiger partial charge in [-0.05, 0) is 36.1 Å². The minimum Gasteiger partial charge on any atom is -0.352 e. The van der Waals surface area contributed by atoms with Gasteiger partial charge in [0, 0.05) is 41.6 Å². The van der Waals surface area contributed by atoms with Crippen molar-refractivity contribution in [2.24, 2.45) is 0 Å². The van der Waals surface area contributed by atoms with Gasteiger partial charge in [-0.2, -0.15) is 0 Å². The second-order valence-corrected chi connectivity index (χ2v) is 6.64. The molecule has 3 rings (SSSR count). The van der Waals surface area contributed by atoms with Crippen molar-refractivity contribution in [3.05, 3.63) is 32.8 Å². The Morgan fingerprint density at radius 2 is 2.26 bits per heavy atom. The summed E-state index contributed by atoms with van der Waals surface area (Å²) in [5.41, 5.74) is 2.58. The van der Waals surface area contributed by atoms with E-state index < -0.39 is 0 Å². The standard InChI is InChI=1S/C14H16BrClN2O/c15-10-5-9-3-4-18(8-12(9)13(16)6-10)7-11-1-2-14(19)17-11/h5-6,11H,1-4,7-8H2,(H,17,19)/t11-/m0/s1. The van der Waals surface area contributed by atoms with Crippen LogP contribution in [0.1, 0.15) is 24.0 Å². The highest BCUT2D eigenvalue weighted by atomic mass is 79.9. The summed E-state index contributed by atoms with van der Waals surface area (Å²) in [6.07, 6.45) is 2.65. The van der Waals surface area contributed by atoms with Gasteiger partial charge >= 0.3 is 0 Å². The van der Waals surface area contributed by atoms with Gasteiger partial charge in [-0.3, -0.25) is 9.69 Å². The van der Waals surface area contributed by atoms with Crippen LogP contribution in [-0.4, -0.2) is 29.9 Å². The fourth-order valence-electron chi connectivity index (χ4n) is 2.92. The number of fused-ring (bicyclic) bond motifs is 1. The van der Waals surface area contributed by atoms with Crippen LogP contribution in [0.25, 0.3) is 0 Å². The topological polar surface area (TPSA) is 32.3 Å². The van der Waals surface area contributed by atoms with Crippen molar-refractivity contribution in [1.29, 1.82) is 0 Å². The zero-order valence-electron chi connectivity index (χ0n) is 10.6. The highest BCUT2D eigenvalue weighted by Crippen LogP contribution is 2.30. The first kappa shape index (κ1) is 13.4. The first-order valence-electron chi connectivity index (χ1n) is 6.60. The second kappa shape index (κ2) is 5.43. The molecule has 2 aliphatic heterocycles. The summed E-state index contributed by atoms with van der Waals surface area (Å²) < 4.78 is 1.05. The lowest BCUT2D eigenvalue weighted by Gasteiger charge is -2.31. The zero-order chi connectivity index (χ0) is 13.4. The van der Waals surface area contributed by atoms with E-state index in [2.05, 4.69) is 32.2 Å². The monoisotopic (exact) mass is 342 g/mol. The Kier molecular flexibility index (Phi) is 3.83. The smallest absolute Gasteiger partial charge is 0.220 e. The number of nitrogens with zero attached hydrogens (tertiary/aromatic N) is 1. The molecule has 1 amide bonds. The van der Waals surface area contributed by atoms with Crippen LogP contribution in [0, 0.1) is 0 Å². The average molecular weight is 344 g/mol. The van der Waals surface area contributed by atoms with Crippen molar-refractivity contribution in [1.82, 2.24) is 10.2 Å². The number of carbonyl (C=O) groups excluding carboxylic acids is 1. The van der Waals surface area contributed by atoms with Gasteiger partial charge < -0.3 is 5.32 Å². The molecule has 102 valence electrons. The molecule has 1 N–H and O–H groups in total. The third kappa shape index (κ3) is 2.96. The van der Waals surface area contributed by atoms with Crippen LogP contribution in [0.3, 0.4) is 0 Å². The van der Waals surface area contributed by atoms with Gasteiger partial charge in [0.2, 0.25) is 5.91 Å². The zero-order valence-corrected chi connectivity index (χ0v) is 12.9. The van der Waals surface area contributed by atoms with E-state index in [4.69, 9.17) is 11.6 Å². The maximum Gasteiger partial charge on any atom is 0.220 e. The molecule has 5 heteroatoms. The Bertz CT molecular complexity index is 520. The molecule has 1 aromatic carbocycles. The lowest BCUT2D eigenvalue weighted by molar-refractivity contribution is -0.119. The normalized spacial score (nSPS) is 23.3. The third-order valence-electron chi connectivity index (χ3n) is 3.90. The predicted molar refractivity (Wildman–Crippen MR) is 79.3 cm³/mol. The molecule has 0 aliphatic carbocycles. The number of hydrogen-bond donors (Lipinski definition) is 1. The van der Waals surface area contributed by atoms with Crippen LogP contribution in [0.15, 0.2) is 16.6 Å². The van der Waals surface area contributed by atoms with E-state index in [9.17, 15) is 4.79 Å². The van der Waals surface area contributed by atoms with Gasteiger partial charge in [0.25, 0.3) is 0 Å². The lowest BCUT2D eigenvalue weighted by Crippen LogP contribution is -2.41. The van der Waals surface area contributed by atoms with Crippen LogP contribution in [0.2, 0.25) is 5.02 Å². The highest BCUT2D eigenvalue weighted by Gasteiger charge is 2.25. The summed E-state index contributed by atoms with van der Waals surface area (Å²) in [6.45, 7) is 2.84. The van der Waals surface area contributed by atoms with E-state index >= 15 is 0 Å². The van der Waals surface area contributed by atoms with Gasteiger partial charge in [-0.1, -0.05) is 27.5 Å². The van der Waals surface area contributed by atoms with Crippen molar-refractivity contribution >= 4 is 33.4 Å². The van der Waals surface area contributed by atoms with Crippen molar-refractivity contribution in [2.45, 2.75) is 31.8 Å². The largest absolute Gasteiger partial charge is 0.352 e. The van der Waals surface area contributed by atoms with Crippen molar-refractivity contribution in [2.75, 3.05) is 13.1 Å². The maximum atomic E-state index is 11.2. The van der Waals surface area contributed by atoms with Gasteiger partial charge in [-0.25, -0.2) is 0 Å². The molecule has 0 aromatic heterocycles. The van der Waals surface area contributed by atoms with E-state index in [1.165, 1.54) is 11.1 Å². The van der Waals surface area contributed by atoms with Crippen LogP contribution < -0.4 is 5.32 Å². The Balaban J connectivity index is 1.70. The van der Waals surface area contributed by atoms with E-state index in [1.54, 1.807) is 0 Å². The highest BCUT2D eigenvalue weighted by molar-refractivity contribution is 9.10. The number of nitrogens with one attached hydrogen (secondary N) is 1. The summed E-state index contributed by atoms with van der Waals surface area (Å²) in [5, 5.41) is 3.87. The Morgan fingerprint density at radius 3 is 3.00 bits per heavy atom. The SMILES string of the molecule is O=C1CC[C@@H](CN2CCc3cc(Br)cc(Cl)c3C2)N1. The average Bonchev–Trinajstić information content (AvgIpc) is 2.75. The predicted octanol–water partition coefficient (Wildman–Crippen LogP) is 2.74. The van der Waals surface area contributed by atoms with E-state index in [0.29, 0.717) is 12.5 Å². The quantitative estimate of drug-likeness (QED) is 0.895. The molecule has 1 atom stereocenters. The minimum absolute atomic E-state index is 0.185. The number of halogens is 2. The number of carbonyl (C=O) groups is 1. The van der Waals surface area contributed by atoms with Crippen LogP contribution >= 0.6 is 27.5 Å². The van der Waals surface area contributed by atoms with Crippen LogP contribution in [-0.2, 0) is 17.8 Å².